The van der Waals surface area contributed by atoms with Crippen LogP contribution in [0.25, 0.3) is 0 Å². The smallest absolute Gasteiger partial charge is 0.264 e. The lowest BCUT2D eigenvalue weighted by Crippen LogP contribution is -2.58. The summed E-state index contributed by atoms with van der Waals surface area (Å²) in [4.78, 5) is 0. The van der Waals surface area contributed by atoms with Gasteiger partial charge in [0.05, 0.1) is 6.10 Å². The van der Waals surface area contributed by atoms with Gasteiger partial charge in [-0.25, -0.2) is 12.5 Å². The molecule has 0 radical (unpaired) electrons. The number of rotatable bonds is 10. The van der Waals surface area contributed by atoms with Crippen molar-refractivity contribution in [1.82, 2.24) is 0 Å². The Morgan fingerprint density at radius 1 is 0.884 bits per heavy atom. The van der Waals surface area contributed by atoms with Crippen LogP contribution in [0, 0.1) is 39.9 Å². The summed E-state index contributed by atoms with van der Waals surface area (Å²) >= 11 is 0. The minimum atomic E-state index is -5.07. The summed E-state index contributed by atoms with van der Waals surface area (Å²) < 4.78 is 114. The van der Waals surface area contributed by atoms with Gasteiger partial charge in [0.2, 0.25) is 0 Å². The van der Waals surface area contributed by atoms with Gasteiger partial charge in [0.25, 0.3) is 0 Å². The molecule has 0 aromatic carbocycles. The summed E-state index contributed by atoms with van der Waals surface area (Å²) in [5.41, 5.74) is 1.60. The highest BCUT2D eigenvalue weighted by Crippen LogP contribution is 2.66. The van der Waals surface area contributed by atoms with Crippen LogP contribution in [-0.2, 0) is 43.7 Å². The first-order valence-corrected chi connectivity index (χ1v) is 19.2. The number of hydrogen-bond acceptors (Lipinski definition) is 9. The van der Waals surface area contributed by atoms with Crippen LogP contribution < -0.4 is 0 Å². The van der Waals surface area contributed by atoms with E-state index >= 15 is 0 Å². The van der Waals surface area contributed by atoms with E-state index in [1.807, 2.05) is 6.92 Å². The predicted octanol–water partition coefficient (Wildman–Crippen LogP) is 5.35. The Kier molecular flexibility index (Phi) is 9.71. The van der Waals surface area contributed by atoms with E-state index in [2.05, 4.69) is 34.6 Å². The Labute approximate surface area is 257 Å². The molecule has 0 spiro atoms. The molecule has 3 fully saturated rings. The fourth-order valence-electron chi connectivity index (χ4n) is 9.37. The van der Waals surface area contributed by atoms with Gasteiger partial charge in [-0.3, -0.25) is 13.7 Å². The molecule has 0 aliphatic heterocycles. The van der Waals surface area contributed by atoms with Crippen molar-refractivity contribution in [2.75, 3.05) is 0 Å². The average Bonchev–Trinajstić information content (AvgIpc) is 3.14. The third-order valence-electron chi connectivity index (χ3n) is 11.0. The Balaban J connectivity index is 1.72. The second-order valence-electron chi connectivity index (χ2n) is 15.0. The molecule has 0 saturated heterocycles. The van der Waals surface area contributed by atoms with Gasteiger partial charge < -0.3 is 0 Å². The highest BCUT2D eigenvalue weighted by atomic mass is 32.3. The second kappa shape index (κ2) is 11.9. The number of fused-ring (bicyclic) bond motifs is 4. The highest BCUT2D eigenvalue weighted by molar-refractivity contribution is 7.81. The van der Waals surface area contributed by atoms with Crippen LogP contribution in [0.1, 0.15) is 106 Å². The zero-order chi connectivity index (χ0) is 32.4. The molecule has 0 unspecified atom stereocenters. The van der Waals surface area contributed by atoms with Gasteiger partial charge >= 0.3 is 31.2 Å². The van der Waals surface area contributed by atoms with Crippen molar-refractivity contribution >= 4 is 31.2 Å². The van der Waals surface area contributed by atoms with Crippen LogP contribution in [0.5, 0.6) is 0 Å². The summed E-state index contributed by atoms with van der Waals surface area (Å²) in [6, 6.07) is 0. The lowest BCUT2D eigenvalue weighted by molar-refractivity contribution is -0.124. The second-order valence-corrected chi connectivity index (χ2v) is 18.2. The maximum absolute atomic E-state index is 12.0. The van der Waals surface area contributed by atoms with E-state index in [1.165, 1.54) is 5.57 Å². The molecule has 0 bridgehead atoms. The minimum absolute atomic E-state index is 0.103. The summed E-state index contributed by atoms with van der Waals surface area (Å²) in [6.45, 7) is 13.2. The van der Waals surface area contributed by atoms with Gasteiger partial charge in [0, 0.05) is 0 Å². The normalized spacial score (nSPS) is 37.9. The fourth-order valence-corrected chi connectivity index (χ4v) is 10.9. The van der Waals surface area contributed by atoms with Crippen molar-refractivity contribution in [1.29, 1.82) is 0 Å². The van der Waals surface area contributed by atoms with Crippen LogP contribution in [-0.4, -0.2) is 57.2 Å². The summed E-state index contributed by atoms with van der Waals surface area (Å²) in [7, 11) is -15.0. The molecule has 0 heterocycles. The molecule has 250 valence electrons. The third-order valence-corrected chi connectivity index (χ3v) is 12.5. The molecule has 4 aliphatic carbocycles. The maximum atomic E-state index is 12.0. The van der Waals surface area contributed by atoms with Crippen LogP contribution in [0.2, 0.25) is 0 Å². The van der Waals surface area contributed by atoms with E-state index in [0.717, 1.165) is 50.5 Å². The lowest BCUT2D eigenvalue weighted by Gasteiger charge is -2.59. The molecule has 0 amide bonds. The molecule has 12 nitrogen and oxygen atoms in total. The molecule has 3 saturated carbocycles. The Morgan fingerprint density at radius 3 is 2.00 bits per heavy atom. The summed E-state index contributed by atoms with van der Waals surface area (Å²) in [5.74, 6) is 0.0850. The topological polar surface area (TPSA) is 191 Å². The first-order valence-electron chi connectivity index (χ1n) is 15.1. The predicted molar refractivity (Wildman–Crippen MR) is 158 cm³/mol. The molecular formula is C28H48O12S3. The van der Waals surface area contributed by atoms with E-state index in [9.17, 15) is 38.9 Å². The molecule has 4 aliphatic rings. The highest BCUT2D eigenvalue weighted by Gasteiger charge is 2.61. The van der Waals surface area contributed by atoms with Gasteiger partial charge in [-0.1, -0.05) is 65.5 Å². The van der Waals surface area contributed by atoms with Crippen LogP contribution in [0.4, 0.5) is 0 Å². The molecule has 3 N–H and O–H groups in total. The summed E-state index contributed by atoms with van der Waals surface area (Å²) in [5, 5.41) is 0. The van der Waals surface area contributed by atoms with Crippen molar-refractivity contribution in [3.8, 4) is 0 Å². The SMILES string of the molecule is C[C@H](CCCC(C)(C)C)[C@H]1CCC2=C3C[C@H](OS(=O)(=O)O)[C@H]4C[C@H](OS(=O)(=O)O)[C@@H](OS(=O)(=O)O)C[C@]4(C)[C@H]3CC[C@@]21C. The molecule has 0 aromatic rings. The Hall–Kier alpha value is -0.650. The van der Waals surface area contributed by atoms with Crippen molar-refractivity contribution in [2.24, 2.45) is 39.9 Å². The van der Waals surface area contributed by atoms with Crippen LogP contribution in [0.3, 0.4) is 0 Å². The molecular weight excluding hydrogens is 624 g/mol. The van der Waals surface area contributed by atoms with Crippen LogP contribution >= 0.6 is 0 Å². The van der Waals surface area contributed by atoms with Crippen molar-refractivity contribution in [2.45, 2.75) is 124 Å². The lowest BCUT2D eigenvalue weighted by atomic mass is 9.47. The third kappa shape index (κ3) is 8.02. The van der Waals surface area contributed by atoms with Gasteiger partial charge in [0.1, 0.15) is 12.2 Å². The van der Waals surface area contributed by atoms with Crippen LogP contribution in [0.15, 0.2) is 11.1 Å². The monoisotopic (exact) mass is 672 g/mol. The zero-order valence-corrected chi connectivity index (χ0v) is 28.3. The number of hydrogen-bond donors (Lipinski definition) is 3. The first-order chi connectivity index (χ1) is 19.4. The average molecular weight is 673 g/mol. The molecule has 43 heavy (non-hydrogen) atoms. The first kappa shape index (κ1) is 35.2. The quantitative estimate of drug-likeness (QED) is 0.200. The van der Waals surface area contributed by atoms with E-state index in [4.69, 9.17) is 12.5 Å². The molecule has 15 heteroatoms. The standard InChI is InChI=1S/C28H48O12S3/c1-17(8-7-12-26(2,3)4)19-9-10-20-18-14-23(38-41(29,30)31)22-15-24(39-42(32,33)34)25(40-43(35,36)37)16-28(22,6)21(18)11-13-27(19,20)5/h17,19,21-25H,7-16H2,1-6H3,(H,29,30,31)(H,32,33,34)(H,35,36,37)/t17-,19-,21+,22-,23+,24+,25+,27-,28-/m1/s1. The van der Waals surface area contributed by atoms with Gasteiger partial charge in [0.15, 0.2) is 0 Å². The molecule has 4 rings (SSSR count). The zero-order valence-electron chi connectivity index (χ0n) is 25.9. The summed E-state index contributed by atoms with van der Waals surface area (Å²) in [6.07, 6.45) is 2.51. The largest absolute Gasteiger partial charge is 0.397 e. The Bertz CT molecular complexity index is 1410. The van der Waals surface area contributed by atoms with Gasteiger partial charge in [-0.2, -0.15) is 25.3 Å². The minimum Gasteiger partial charge on any atom is -0.264 e. The van der Waals surface area contributed by atoms with Gasteiger partial charge in [-0.15, -0.1) is 0 Å². The Morgan fingerprint density at radius 2 is 1.44 bits per heavy atom. The van der Waals surface area contributed by atoms with Crippen molar-refractivity contribution < 1.29 is 51.5 Å². The van der Waals surface area contributed by atoms with E-state index in [0.29, 0.717) is 11.8 Å². The van der Waals surface area contributed by atoms with E-state index in [-0.39, 0.29) is 36.0 Å². The van der Waals surface area contributed by atoms with E-state index in [1.54, 1.807) is 0 Å². The van der Waals surface area contributed by atoms with E-state index < -0.39 is 60.8 Å². The molecule has 0 aromatic heterocycles. The molecule has 9 atom stereocenters. The number of allylic oxidation sites excluding steroid dienone is 1. The van der Waals surface area contributed by atoms with Crippen molar-refractivity contribution in [3.05, 3.63) is 11.1 Å². The maximum Gasteiger partial charge on any atom is 0.397 e. The fraction of sp³-hybridized carbons (Fsp3) is 0.929. The van der Waals surface area contributed by atoms with Gasteiger partial charge in [-0.05, 0) is 91.3 Å². The van der Waals surface area contributed by atoms with Crippen molar-refractivity contribution in [3.63, 3.8) is 0 Å².